The van der Waals surface area contributed by atoms with Gasteiger partial charge < -0.3 is 15.8 Å². The zero-order valence-electron chi connectivity index (χ0n) is 11.1. The number of benzene rings is 2. The van der Waals surface area contributed by atoms with Gasteiger partial charge in [-0.25, -0.2) is 0 Å². The van der Waals surface area contributed by atoms with E-state index in [-0.39, 0.29) is 5.91 Å². The largest absolute Gasteiger partial charge is 0.492 e. The first kappa shape index (κ1) is 15.7. The van der Waals surface area contributed by atoms with Gasteiger partial charge in [-0.3, -0.25) is 4.79 Å². The van der Waals surface area contributed by atoms with E-state index in [9.17, 15) is 4.79 Å². The van der Waals surface area contributed by atoms with Crippen LogP contribution in [0, 0.1) is 0 Å². The van der Waals surface area contributed by atoms with Crippen molar-refractivity contribution in [1.29, 1.82) is 0 Å². The Morgan fingerprint density at radius 1 is 1.24 bits per heavy atom. The number of nitrogens with one attached hydrogen (secondary N) is 1. The number of hydrogen-bond acceptors (Lipinski definition) is 3. The molecule has 110 valence electrons. The molecule has 2 aromatic rings. The molecule has 0 aromatic heterocycles. The average molecular weight is 370 g/mol. The molecule has 0 saturated heterocycles. The minimum atomic E-state index is -0.228. The van der Waals surface area contributed by atoms with Crippen LogP contribution in [0.5, 0.6) is 5.75 Å². The highest BCUT2D eigenvalue weighted by Crippen LogP contribution is 2.21. The summed E-state index contributed by atoms with van der Waals surface area (Å²) in [6.07, 6.45) is 0. The van der Waals surface area contributed by atoms with Gasteiger partial charge in [0.05, 0.1) is 17.1 Å². The summed E-state index contributed by atoms with van der Waals surface area (Å²) in [6, 6.07) is 12.2. The molecule has 0 spiro atoms. The Morgan fingerprint density at radius 3 is 2.62 bits per heavy atom. The van der Waals surface area contributed by atoms with Crippen LogP contribution in [0.3, 0.4) is 0 Å². The number of carbonyl (C=O) groups excluding carboxylic acids is 1. The first-order chi connectivity index (χ1) is 10.1. The minimum Gasteiger partial charge on any atom is -0.492 e. The van der Waals surface area contributed by atoms with E-state index in [1.165, 1.54) is 0 Å². The lowest BCUT2D eigenvalue weighted by Crippen LogP contribution is -2.28. The third kappa shape index (κ3) is 4.65. The molecule has 0 bridgehead atoms. The Morgan fingerprint density at radius 2 is 1.95 bits per heavy atom. The fourth-order valence-electron chi connectivity index (χ4n) is 1.67. The molecule has 0 atom stereocenters. The quantitative estimate of drug-likeness (QED) is 0.626. The number of anilines is 1. The minimum absolute atomic E-state index is 0.228. The standard InChI is InChI=1S/C15H14BrClN2O2/c16-10-1-6-13(14(17)9-10)15(20)19-7-8-21-12-4-2-11(18)3-5-12/h1-6,9H,7-8,18H2,(H,19,20). The van der Waals surface area contributed by atoms with Crippen molar-refractivity contribution in [3.63, 3.8) is 0 Å². The third-order valence-electron chi connectivity index (χ3n) is 2.71. The highest BCUT2D eigenvalue weighted by atomic mass is 79.9. The van der Waals surface area contributed by atoms with Gasteiger partial charge in [-0.2, -0.15) is 0 Å². The molecular weight excluding hydrogens is 356 g/mol. The molecule has 0 aliphatic carbocycles. The van der Waals surface area contributed by atoms with Crippen LogP contribution in [0.15, 0.2) is 46.9 Å². The molecule has 0 aliphatic heterocycles. The predicted octanol–water partition coefficient (Wildman–Crippen LogP) is 3.49. The van der Waals surface area contributed by atoms with Gasteiger partial charge in [-0.05, 0) is 42.5 Å². The van der Waals surface area contributed by atoms with Crippen molar-refractivity contribution in [3.8, 4) is 5.75 Å². The van der Waals surface area contributed by atoms with Gasteiger partial charge in [-0.1, -0.05) is 27.5 Å². The van der Waals surface area contributed by atoms with Crippen LogP contribution >= 0.6 is 27.5 Å². The smallest absolute Gasteiger partial charge is 0.252 e. The first-order valence-corrected chi connectivity index (χ1v) is 7.45. The van der Waals surface area contributed by atoms with Gasteiger partial charge in [-0.15, -0.1) is 0 Å². The molecule has 4 nitrogen and oxygen atoms in total. The van der Waals surface area contributed by atoms with E-state index < -0.39 is 0 Å². The second-order valence-corrected chi connectivity index (χ2v) is 5.62. The number of hydrogen-bond donors (Lipinski definition) is 2. The summed E-state index contributed by atoms with van der Waals surface area (Å²) in [6.45, 7) is 0.749. The zero-order chi connectivity index (χ0) is 15.2. The van der Waals surface area contributed by atoms with Crippen LogP contribution < -0.4 is 15.8 Å². The van der Waals surface area contributed by atoms with Crippen molar-refractivity contribution in [2.75, 3.05) is 18.9 Å². The van der Waals surface area contributed by atoms with Gasteiger partial charge in [0.1, 0.15) is 12.4 Å². The molecular formula is C15H14BrClN2O2. The van der Waals surface area contributed by atoms with Crippen LogP contribution in [-0.2, 0) is 0 Å². The van der Waals surface area contributed by atoms with Crippen LogP contribution in [0.2, 0.25) is 5.02 Å². The number of nitrogens with two attached hydrogens (primary N) is 1. The number of amides is 1. The number of nitrogen functional groups attached to an aromatic ring is 1. The lowest BCUT2D eigenvalue weighted by molar-refractivity contribution is 0.0947. The van der Waals surface area contributed by atoms with E-state index in [1.54, 1.807) is 42.5 Å². The van der Waals surface area contributed by atoms with E-state index >= 15 is 0 Å². The molecule has 0 radical (unpaired) electrons. The molecule has 0 saturated carbocycles. The average Bonchev–Trinajstić information content (AvgIpc) is 2.45. The van der Waals surface area contributed by atoms with Crippen LogP contribution in [0.4, 0.5) is 5.69 Å². The summed E-state index contributed by atoms with van der Waals surface area (Å²) in [4.78, 5) is 11.9. The predicted molar refractivity (Wildman–Crippen MR) is 87.8 cm³/mol. The number of ether oxygens (including phenoxy) is 1. The van der Waals surface area contributed by atoms with Crippen molar-refractivity contribution in [1.82, 2.24) is 5.32 Å². The van der Waals surface area contributed by atoms with Gasteiger partial charge in [0.2, 0.25) is 0 Å². The van der Waals surface area contributed by atoms with E-state index in [1.807, 2.05) is 0 Å². The van der Waals surface area contributed by atoms with E-state index in [0.29, 0.717) is 35.2 Å². The molecule has 3 N–H and O–H groups in total. The molecule has 0 heterocycles. The topological polar surface area (TPSA) is 64.3 Å². The normalized spacial score (nSPS) is 10.2. The van der Waals surface area contributed by atoms with Crippen molar-refractivity contribution in [2.24, 2.45) is 0 Å². The molecule has 0 fully saturated rings. The molecule has 0 unspecified atom stereocenters. The van der Waals surface area contributed by atoms with Crippen molar-refractivity contribution >= 4 is 39.1 Å². The Bertz CT molecular complexity index is 632. The van der Waals surface area contributed by atoms with Crippen LogP contribution in [0.25, 0.3) is 0 Å². The molecule has 6 heteroatoms. The lowest BCUT2D eigenvalue weighted by Gasteiger charge is -2.09. The Kier molecular flexibility index (Phi) is 5.47. The maximum absolute atomic E-state index is 11.9. The molecule has 21 heavy (non-hydrogen) atoms. The van der Waals surface area contributed by atoms with E-state index in [0.717, 1.165) is 4.47 Å². The van der Waals surface area contributed by atoms with Crippen LogP contribution in [-0.4, -0.2) is 19.1 Å². The maximum atomic E-state index is 11.9. The number of carbonyl (C=O) groups is 1. The summed E-state index contributed by atoms with van der Waals surface area (Å²) in [5.74, 6) is 0.480. The van der Waals surface area contributed by atoms with Gasteiger partial charge >= 0.3 is 0 Å². The molecule has 2 rings (SSSR count). The summed E-state index contributed by atoms with van der Waals surface area (Å²) in [5, 5.41) is 3.16. The van der Waals surface area contributed by atoms with E-state index in [4.69, 9.17) is 22.1 Å². The highest BCUT2D eigenvalue weighted by molar-refractivity contribution is 9.10. The van der Waals surface area contributed by atoms with Crippen LogP contribution in [0.1, 0.15) is 10.4 Å². The molecule has 1 amide bonds. The Labute approximate surface area is 136 Å². The first-order valence-electron chi connectivity index (χ1n) is 6.28. The Hall–Kier alpha value is -1.72. The monoisotopic (exact) mass is 368 g/mol. The van der Waals surface area contributed by atoms with Crippen molar-refractivity contribution in [2.45, 2.75) is 0 Å². The van der Waals surface area contributed by atoms with Gasteiger partial charge in [0, 0.05) is 10.2 Å². The van der Waals surface area contributed by atoms with Gasteiger partial charge in [0.25, 0.3) is 5.91 Å². The zero-order valence-corrected chi connectivity index (χ0v) is 13.4. The summed E-state index contributed by atoms with van der Waals surface area (Å²) >= 11 is 9.31. The summed E-state index contributed by atoms with van der Waals surface area (Å²) in [7, 11) is 0. The fraction of sp³-hybridized carbons (Fsp3) is 0.133. The second kappa shape index (κ2) is 7.33. The second-order valence-electron chi connectivity index (χ2n) is 4.30. The summed E-state index contributed by atoms with van der Waals surface area (Å²) in [5.41, 5.74) is 6.70. The number of halogens is 2. The SMILES string of the molecule is Nc1ccc(OCCNC(=O)c2ccc(Br)cc2Cl)cc1. The Balaban J connectivity index is 1.80. The molecule has 0 aliphatic rings. The van der Waals surface area contributed by atoms with Crippen molar-refractivity contribution < 1.29 is 9.53 Å². The van der Waals surface area contributed by atoms with Gasteiger partial charge in [0.15, 0.2) is 0 Å². The molecule has 2 aromatic carbocycles. The summed E-state index contributed by atoms with van der Waals surface area (Å²) < 4.78 is 6.32. The fourth-order valence-corrected chi connectivity index (χ4v) is 2.43. The number of rotatable bonds is 5. The highest BCUT2D eigenvalue weighted by Gasteiger charge is 2.09. The maximum Gasteiger partial charge on any atom is 0.252 e. The van der Waals surface area contributed by atoms with E-state index in [2.05, 4.69) is 21.2 Å². The van der Waals surface area contributed by atoms with Crippen molar-refractivity contribution in [3.05, 3.63) is 57.5 Å². The lowest BCUT2D eigenvalue weighted by atomic mass is 10.2. The third-order valence-corrected chi connectivity index (χ3v) is 3.52.